The highest BCUT2D eigenvalue weighted by Gasteiger charge is 2.07. The molecule has 0 spiro atoms. The van der Waals surface area contributed by atoms with Gasteiger partial charge in [-0.05, 0) is 45.4 Å². The summed E-state index contributed by atoms with van der Waals surface area (Å²) in [4.78, 5) is 0. The van der Waals surface area contributed by atoms with Crippen LogP contribution in [-0.4, -0.2) is 25.9 Å². The highest BCUT2D eigenvalue weighted by Crippen LogP contribution is 2.28. The summed E-state index contributed by atoms with van der Waals surface area (Å²) >= 11 is 6.17. The van der Waals surface area contributed by atoms with Crippen molar-refractivity contribution in [1.29, 1.82) is 0 Å². The lowest BCUT2D eigenvalue weighted by atomic mass is 10.2. The van der Waals surface area contributed by atoms with Crippen molar-refractivity contribution < 1.29 is 9.47 Å². The van der Waals surface area contributed by atoms with Gasteiger partial charge in [0.2, 0.25) is 0 Å². The van der Waals surface area contributed by atoms with Crippen molar-refractivity contribution in [3.8, 4) is 5.75 Å². The lowest BCUT2D eigenvalue weighted by molar-refractivity contribution is 0.191. The molecule has 102 valence electrons. The van der Waals surface area contributed by atoms with E-state index in [0.29, 0.717) is 11.1 Å². The van der Waals surface area contributed by atoms with Crippen molar-refractivity contribution in [3.05, 3.63) is 23.2 Å². The Kier molecular flexibility index (Phi) is 6.30. The second kappa shape index (κ2) is 7.49. The molecule has 1 N–H and O–H groups in total. The summed E-state index contributed by atoms with van der Waals surface area (Å²) in [7, 11) is 1.71. The van der Waals surface area contributed by atoms with Crippen molar-refractivity contribution in [3.63, 3.8) is 0 Å². The van der Waals surface area contributed by atoms with Crippen LogP contribution in [0, 0.1) is 0 Å². The zero-order valence-corrected chi connectivity index (χ0v) is 12.3. The smallest absolute Gasteiger partial charge is 0.138 e. The van der Waals surface area contributed by atoms with Gasteiger partial charge in [0.15, 0.2) is 0 Å². The molecule has 0 heterocycles. The van der Waals surface area contributed by atoms with Crippen LogP contribution in [0.4, 0.5) is 5.69 Å². The first-order chi connectivity index (χ1) is 8.52. The maximum atomic E-state index is 6.17. The highest BCUT2D eigenvalue weighted by molar-refractivity contribution is 6.32. The normalized spacial score (nSPS) is 12.6. The molecule has 0 saturated carbocycles. The first kappa shape index (κ1) is 15.1. The predicted molar refractivity (Wildman–Crippen MR) is 76.8 cm³/mol. The molecule has 0 bridgehead atoms. The Hall–Kier alpha value is -0.930. The van der Waals surface area contributed by atoms with Gasteiger partial charge >= 0.3 is 0 Å². The molecule has 1 aromatic carbocycles. The van der Waals surface area contributed by atoms with E-state index in [4.69, 9.17) is 21.1 Å². The van der Waals surface area contributed by atoms with Crippen LogP contribution >= 0.6 is 11.6 Å². The average Bonchev–Trinajstić information content (AvgIpc) is 2.29. The zero-order valence-electron chi connectivity index (χ0n) is 11.5. The molecule has 0 aliphatic carbocycles. The van der Waals surface area contributed by atoms with Crippen molar-refractivity contribution >= 4 is 17.3 Å². The van der Waals surface area contributed by atoms with Crippen LogP contribution in [-0.2, 0) is 4.74 Å². The third kappa shape index (κ3) is 5.15. The molecule has 0 saturated heterocycles. The number of rotatable bonds is 7. The van der Waals surface area contributed by atoms with E-state index in [1.54, 1.807) is 7.11 Å². The number of nitrogens with one attached hydrogen (secondary N) is 1. The monoisotopic (exact) mass is 271 g/mol. The molecule has 0 amide bonds. The van der Waals surface area contributed by atoms with Gasteiger partial charge in [0, 0.05) is 25.4 Å². The van der Waals surface area contributed by atoms with Gasteiger partial charge in [-0.15, -0.1) is 0 Å². The van der Waals surface area contributed by atoms with E-state index in [2.05, 4.69) is 12.2 Å². The van der Waals surface area contributed by atoms with Crippen LogP contribution in [0.5, 0.6) is 5.75 Å². The largest absolute Gasteiger partial charge is 0.489 e. The molecule has 0 fully saturated rings. The first-order valence-corrected chi connectivity index (χ1v) is 6.62. The summed E-state index contributed by atoms with van der Waals surface area (Å²) in [5, 5.41) is 4.01. The summed E-state index contributed by atoms with van der Waals surface area (Å²) in [6, 6.07) is 6.11. The van der Waals surface area contributed by atoms with Crippen LogP contribution in [0.1, 0.15) is 27.2 Å². The lowest BCUT2D eigenvalue weighted by Crippen LogP contribution is -2.17. The Labute approximate surface area is 114 Å². The Morgan fingerprint density at radius 2 is 2.00 bits per heavy atom. The number of anilines is 1. The SMILES string of the molecule is COCCC(C)Nc1ccc(OC(C)C)c(Cl)c1. The molecule has 4 heteroatoms. The van der Waals surface area contributed by atoms with Gasteiger partial charge in [0.1, 0.15) is 5.75 Å². The summed E-state index contributed by atoms with van der Waals surface area (Å²) in [6.07, 6.45) is 1.08. The van der Waals surface area contributed by atoms with E-state index in [1.807, 2.05) is 32.0 Å². The van der Waals surface area contributed by atoms with Gasteiger partial charge in [0.25, 0.3) is 0 Å². The zero-order chi connectivity index (χ0) is 13.5. The van der Waals surface area contributed by atoms with Crippen molar-refractivity contribution in [2.45, 2.75) is 39.3 Å². The van der Waals surface area contributed by atoms with Gasteiger partial charge < -0.3 is 14.8 Å². The summed E-state index contributed by atoms with van der Waals surface area (Å²) in [5.74, 6) is 0.724. The van der Waals surface area contributed by atoms with Crippen LogP contribution in [0.15, 0.2) is 18.2 Å². The van der Waals surface area contributed by atoms with Gasteiger partial charge in [0.05, 0.1) is 11.1 Å². The van der Waals surface area contributed by atoms with E-state index >= 15 is 0 Å². The summed E-state index contributed by atoms with van der Waals surface area (Å²) in [5.41, 5.74) is 1.000. The molecular weight excluding hydrogens is 250 g/mol. The van der Waals surface area contributed by atoms with Gasteiger partial charge in [-0.2, -0.15) is 0 Å². The minimum Gasteiger partial charge on any atom is -0.489 e. The number of halogens is 1. The highest BCUT2D eigenvalue weighted by atomic mass is 35.5. The molecule has 1 atom stereocenters. The maximum absolute atomic E-state index is 6.17. The van der Waals surface area contributed by atoms with E-state index < -0.39 is 0 Å². The second-order valence-electron chi connectivity index (χ2n) is 4.64. The molecule has 3 nitrogen and oxygen atoms in total. The Morgan fingerprint density at radius 1 is 1.28 bits per heavy atom. The van der Waals surface area contributed by atoms with Gasteiger partial charge in [-0.3, -0.25) is 0 Å². The average molecular weight is 272 g/mol. The third-order valence-electron chi connectivity index (χ3n) is 2.46. The Bertz CT molecular complexity index is 369. The van der Waals surface area contributed by atoms with E-state index in [0.717, 1.165) is 24.5 Å². The van der Waals surface area contributed by atoms with E-state index in [1.165, 1.54) is 0 Å². The number of benzene rings is 1. The van der Waals surface area contributed by atoms with Gasteiger partial charge in [-0.1, -0.05) is 11.6 Å². The fraction of sp³-hybridized carbons (Fsp3) is 0.571. The van der Waals surface area contributed by atoms with Crippen molar-refractivity contribution in [2.24, 2.45) is 0 Å². The fourth-order valence-corrected chi connectivity index (χ4v) is 1.82. The minimum absolute atomic E-state index is 0.127. The second-order valence-corrected chi connectivity index (χ2v) is 5.05. The standard InChI is InChI=1S/C14H22ClNO2/c1-10(2)18-14-6-5-12(9-13(14)15)16-11(3)7-8-17-4/h5-6,9-11,16H,7-8H2,1-4H3. The third-order valence-corrected chi connectivity index (χ3v) is 2.76. The van der Waals surface area contributed by atoms with E-state index in [9.17, 15) is 0 Å². The Balaban J connectivity index is 2.60. The van der Waals surface area contributed by atoms with Crippen LogP contribution < -0.4 is 10.1 Å². The van der Waals surface area contributed by atoms with E-state index in [-0.39, 0.29) is 6.10 Å². The van der Waals surface area contributed by atoms with Crippen LogP contribution in [0.25, 0.3) is 0 Å². The topological polar surface area (TPSA) is 30.5 Å². The molecule has 0 aliphatic heterocycles. The Morgan fingerprint density at radius 3 is 2.56 bits per heavy atom. The predicted octanol–water partition coefficient (Wildman–Crippen LogP) is 3.96. The molecule has 1 aromatic rings. The molecule has 0 aromatic heterocycles. The molecule has 0 aliphatic rings. The number of methoxy groups -OCH3 is 1. The van der Waals surface area contributed by atoms with Gasteiger partial charge in [-0.25, -0.2) is 0 Å². The first-order valence-electron chi connectivity index (χ1n) is 6.24. The maximum Gasteiger partial charge on any atom is 0.138 e. The molecule has 1 unspecified atom stereocenters. The molecule has 0 radical (unpaired) electrons. The lowest BCUT2D eigenvalue weighted by Gasteiger charge is -2.16. The number of ether oxygens (including phenoxy) is 2. The summed E-state index contributed by atoms with van der Waals surface area (Å²) in [6.45, 7) is 6.83. The van der Waals surface area contributed by atoms with Crippen LogP contribution in [0.2, 0.25) is 5.02 Å². The molecule has 18 heavy (non-hydrogen) atoms. The fourth-order valence-electron chi connectivity index (χ4n) is 1.59. The number of hydrogen-bond acceptors (Lipinski definition) is 3. The summed E-state index contributed by atoms with van der Waals surface area (Å²) < 4.78 is 10.6. The van der Waals surface area contributed by atoms with Crippen LogP contribution in [0.3, 0.4) is 0 Å². The van der Waals surface area contributed by atoms with Crippen molar-refractivity contribution in [1.82, 2.24) is 0 Å². The molecular formula is C14H22ClNO2. The number of hydrogen-bond donors (Lipinski definition) is 1. The minimum atomic E-state index is 0.127. The van der Waals surface area contributed by atoms with Crippen molar-refractivity contribution in [2.75, 3.05) is 19.0 Å². The molecule has 1 rings (SSSR count). The quantitative estimate of drug-likeness (QED) is 0.814.